The van der Waals surface area contributed by atoms with Crippen LogP contribution in [0.15, 0.2) is 35.4 Å². The van der Waals surface area contributed by atoms with Gasteiger partial charge >= 0.3 is 0 Å². The lowest BCUT2D eigenvalue weighted by molar-refractivity contribution is 0.906. The van der Waals surface area contributed by atoms with Gasteiger partial charge in [-0.05, 0) is 36.1 Å². The minimum atomic E-state index is 0.525. The topological polar surface area (TPSA) is 26.0 Å². The van der Waals surface area contributed by atoms with Gasteiger partial charge in [-0.1, -0.05) is 35.3 Å². The normalized spacial score (nSPS) is 11.8. The first-order valence-corrected chi connectivity index (χ1v) is 5.30. The fraction of sp³-hybridized carbons (Fsp3) is 0.273. The summed E-state index contributed by atoms with van der Waals surface area (Å²) in [7, 11) is 0. The molecule has 0 amide bonds. The maximum atomic E-state index is 5.78. The van der Waals surface area contributed by atoms with E-state index in [0.29, 0.717) is 6.54 Å². The van der Waals surface area contributed by atoms with Crippen LogP contribution in [0, 0.1) is 0 Å². The van der Waals surface area contributed by atoms with E-state index in [1.54, 1.807) is 5.54 Å². The summed E-state index contributed by atoms with van der Waals surface area (Å²) in [6.07, 6.45) is 1.86. The lowest BCUT2D eigenvalue weighted by Crippen LogP contribution is -2.03. The van der Waals surface area contributed by atoms with E-state index in [0.717, 1.165) is 23.4 Å². The monoisotopic (exact) mass is 229 g/mol. The van der Waals surface area contributed by atoms with Crippen LogP contribution in [0.5, 0.6) is 0 Å². The Balaban J connectivity index is 2.49. The van der Waals surface area contributed by atoms with Crippen molar-refractivity contribution in [1.82, 2.24) is 0 Å². The highest BCUT2D eigenvalue weighted by Crippen LogP contribution is 2.13. The largest absolute Gasteiger partial charge is 0.327 e. The molecular formula is C11H13Cl2N. The van der Waals surface area contributed by atoms with Crippen molar-refractivity contribution in [1.29, 1.82) is 0 Å². The fourth-order valence-electron chi connectivity index (χ4n) is 1.16. The van der Waals surface area contributed by atoms with E-state index < -0.39 is 0 Å². The standard InChI is InChI=1S/C11H13Cl2N/c12-7-10(8-14)2-1-9-3-5-11(13)6-4-9/h3-7H,1-2,8,14H2/b10-7+. The first kappa shape index (κ1) is 11.6. The minimum Gasteiger partial charge on any atom is -0.327 e. The predicted octanol–water partition coefficient (Wildman–Crippen LogP) is 3.35. The van der Waals surface area contributed by atoms with Crippen molar-refractivity contribution in [3.05, 3.63) is 46.0 Å². The fourth-order valence-corrected chi connectivity index (χ4v) is 1.48. The molecule has 76 valence electrons. The second-order valence-electron chi connectivity index (χ2n) is 3.10. The lowest BCUT2D eigenvalue weighted by Gasteiger charge is -2.03. The summed E-state index contributed by atoms with van der Waals surface area (Å²) in [5.41, 5.74) is 9.38. The number of benzene rings is 1. The first-order chi connectivity index (χ1) is 6.76. The van der Waals surface area contributed by atoms with Crippen molar-refractivity contribution >= 4 is 23.2 Å². The Labute approximate surface area is 94.5 Å². The highest BCUT2D eigenvalue weighted by molar-refractivity contribution is 6.30. The van der Waals surface area contributed by atoms with Gasteiger partial charge in [0.2, 0.25) is 0 Å². The van der Waals surface area contributed by atoms with E-state index in [9.17, 15) is 0 Å². The molecule has 1 nitrogen and oxygen atoms in total. The van der Waals surface area contributed by atoms with Gasteiger partial charge < -0.3 is 5.73 Å². The molecule has 0 fully saturated rings. The lowest BCUT2D eigenvalue weighted by atomic mass is 10.1. The number of aryl methyl sites for hydroxylation is 1. The molecule has 0 saturated heterocycles. The van der Waals surface area contributed by atoms with Crippen LogP contribution in [-0.2, 0) is 6.42 Å². The SMILES string of the molecule is NC/C(=C/Cl)CCc1ccc(Cl)cc1. The van der Waals surface area contributed by atoms with E-state index in [4.69, 9.17) is 28.9 Å². The maximum absolute atomic E-state index is 5.78. The van der Waals surface area contributed by atoms with E-state index in [1.165, 1.54) is 5.56 Å². The third kappa shape index (κ3) is 3.70. The van der Waals surface area contributed by atoms with Gasteiger partial charge in [0.1, 0.15) is 0 Å². The molecule has 0 unspecified atom stereocenters. The summed E-state index contributed by atoms with van der Waals surface area (Å²) in [6, 6.07) is 7.82. The van der Waals surface area contributed by atoms with Gasteiger partial charge in [0.05, 0.1) is 0 Å². The highest BCUT2D eigenvalue weighted by Gasteiger charge is 1.97. The number of halogens is 2. The van der Waals surface area contributed by atoms with Crippen LogP contribution in [0.4, 0.5) is 0 Å². The molecule has 0 aliphatic rings. The Kier molecular flexibility index (Phi) is 5.02. The van der Waals surface area contributed by atoms with Crippen molar-refractivity contribution in [2.45, 2.75) is 12.8 Å². The molecule has 0 atom stereocenters. The predicted molar refractivity (Wildman–Crippen MR) is 62.8 cm³/mol. The van der Waals surface area contributed by atoms with Gasteiger partial charge in [-0.15, -0.1) is 0 Å². The molecule has 14 heavy (non-hydrogen) atoms. The van der Waals surface area contributed by atoms with Gasteiger partial charge in [-0.3, -0.25) is 0 Å². The molecule has 0 aliphatic carbocycles. The number of hydrogen-bond acceptors (Lipinski definition) is 1. The molecule has 2 N–H and O–H groups in total. The molecule has 0 heterocycles. The number of nitrogens with two attached hydrogens (primary N) is 1. The molecule has 0 radical (unpaired) electrons. The summed E-state index contributed by atoms with van der Waals surface area (Å²) >= 11 is 11.4. The molecule has 1 aromatic carbocycles. The summed E-state index contributed by atoms with van der Waals surface area (Å²) in [5, 5.41) is 0.765. The summed E-state index contributed by atoms with van der Waals surface area (Å²) in [4.78, 5) is 0. The van der Waals surface area contributed by atoms with Gasteiger partial charge in [-0.2, -0.15) is 0 Å². The third-order valence-electron chi connectivity index (χ3n) is 2.06. The molecule has 0 spiro atoms. The van der Waals surface area contributed by atoms with Gasteiger partial charge in [-0.25, -0.2) is 0 Å². The average molecular weight is 230 g/mol. The van der Waals surface area contributed by atoms with Crippen molar-refractivity contribution < 1.29 is 0 Å². The van der Waals surface area contributed by atoms with Crippen molar-refractivity contribution in [2.75, 3.05) is 6.54 Å². The van der Waals surface area contributed by atoms with Crippen LogP contribution in [0.25, 0.3) is 0 Å². The third-order valence-corrected chi connectivity index (χ3v) is 2.63. The molecule has 0 bridgehead atoms. The van der Waals surface area contributed by atoms with E-state index in [-0.39, 0.29) is 0 Å². The second-order valence-corrected chi connectivity index (χ2v) is 3.75. The maximum Gasteiger partial charge on any atom is 0.0406 e. The van der Waals surface area contributed by atoms with Gasteiger partial charge in [0.25, 0.3) is 0 Å². The highest BCUT2D eigenvalue weighted by atomic mass is 35.5. The molecule has 0 saturated carbocycles. The molecule has 0 aliphatic heterocycles. The molecule has 0 aromatic heterocycles. The van der Waals surface area contributed by atoms with Crippen LogP contribution in [0.2, 0.25) is 5.02 Å². The molecule has 3 heteroatoms. The smallest absolute Gasteiger partial charge is 0.0406 e. The zero-order valence-corrected chi connectivity index (χ0v) is 9.35. The van der Waals surface area contributed by atoms with E-state index >= 15 is 0 Å². The van der Waals surface area contributed by atoms with Gasteiger partial charge in [0, 0.05) is 17.1 Å². The Bertz CT molecular complexity index is 304. The van der Waals surface area contributed by atoms with E-state index in [2.05, 4.69) is 0 Å². The summed E-state index contributed by atoms with van der Waals surface area (Å²) in [5.74, 6) is 0. The van der Waals surface area contributed by atoms with Crippen molar-refractivity contribution in [3.63, 3.8) is 0 Å². The average Bonchev–Trinajstić information content (AvgIpc) is 2.22. The van der Waals surface area contributed by atoms with Crippen LogP contribution in [0.1, 0.15) is 12.0 Å². The Hall–Kier alpha value is -0.500. The van der Waals surface area contributed by atoms with Gasteiger partial charge in [0.15, 0.2) is 0 Å². The van der Waals surface area contributed by atoms with Crippen LogP contribution >= 0.6 is 23.2 Å². The quantitative estimate of drug-likeness (QED) is 0.843. The Morgan fingerprint density at radius 1 is 1.29 bits per heavy atom. The van der Waals surface area contributed by atoms with Crippen molar-refractivity contribution in [3.8, 4) is 0 Å². The summed E-state index contributed by atoms with van der Waals surface area (Å²) in [6.45, 7) is 0.525. The van der Waals surface area contributed by atoms with Crippen LogP contribution in [-0.4, -0.2) is 6.54 Å². The number of rotatable bonds is 4. The van der Waals surface area contributed by atoms with Crippen LogP contribution in [0.3, 0.4) is 0 Å². The Morgan fingerprint density at radius 2 is 1.93 bits per heavy atom. The first-order valence-electron chi connectivity index (χ1n) is 4.49. The zero-order chi connectivity index (χ0) is 10.4. The minimum absolute atomic E-state index is 0.525. The van der Waals surface area contributed by atoms with Crippen LogP contribution < -0.4 is 5.73 Å². The Morgan fingerprint density at radius 3 is 2.43 bits per heavy atom. The molecule has 1 aromatic rings. The summed E-state index contributed by atoms with van der Waals surface area (Å²) < 4.78 is 0. The second kappa shape index (κ2) is 6.07. The molecular weight excluding hydrogens is 217 g/mol. The molecule has 1 rings (SSSR count). The zero-order valence-electron chi connectivity index (χ0n) is 7.84. The number of hydrogen-bond donors (Lipinski definition) is 1. The van der Waals surface area contributed by atoms with Crippen molar-refractivity contribution in [2.24, 2.45) is 5.73 Å². The van der Waals surface area contributed by atoms with E-state index in [1.807, 2.05) is 24.3 Å².